The molecule has 8 heteroatoms. The van der Waals surface area contributed by atoms with Crippen molar-refractivity contribution in [1.29, 1.82) is 0 Å². The molecule has 7 nitrogen and oxygen atoms in total. The van der Waals surface area contributed by atoms with E-state index in [1.54, 1.807) is 30.3 Å². The zero-order valence-corrected chi connectivity index (χ0v) is 25.7. The quantitative estimate of drug-likeness (QED) is 0.119. The molecule has 2 aliphatic carbocycles. The molecule has 41 heavy (non-hydrogen) atoms. The van der Waals surface area contributed by atoms with Crippen LogP contribution in [-0.2, 0) is 19.1 Å². The van der Waals surface area contributed by atoms with Crippen molar-refractivity contribution in [2.75, 3.05) is 19.0 Å². The van der Waals surface area contributed by atoms with Crippen LogP contribution in [0.5, 0.6) is 5.75 Å². The highest BCUT2D eigenvalue weighted by molar-refractivity contribution is 7.86. The van der Waals surface area contributed by atoms with Gasteiger partial charge in [-0.15, -0.1) is 0 Å². The predicted molar refractivity (Wildman–Crippen MR) is 160 cm³/mol. The molecule has 4 rings (SSSR count). The third kappa shape index (κ3) is 6.75. The van der Waals surface area contributed by atoms with Gasteiger partial charge < -0.3 is 4.74 Å². The Hall–Kier alpha value is -2.58. The standard InChI is InChI=1S/C33H44O7S/c1-5-6-7-8-9-10-18-39-29-15-14-26(31-25(23(4)34)12-11-13-27(29)31)28(35)20-40-41(37,38)21-33-17-16-24(19-30(33)36)32(33)22(2)3/h11-15,22,24,32H,5-10,16-21H2,1-4H3. The Morgan fingerprint density at radius 2 is 1.76 bits per heavy atom. The van der Waals surface area contributed by atoms with Gasteiger partial charge in [0.25, 0.3) is 10.1 Å². The van der Waals surface area contributed by atoms with Gasteiger partial charge in [0.05, 0.1) is 12.4 Å². The lowest BCUT2D eigenvalue weighted by atomic mass is 9.75. The minimum absolute atomic E-state index is 0.000376. The summed E-state index contributed by atoms with van der Waals surface area (Å²) >= 11 is 0. The number of rotatable bonds is 16. The maximum absolute atomic E-state index is 13.4. The van der Waals surface area contributed by atoms with Crippen LogP contribution in [0.1, 0.15) is 106 Å². The van der Waals surface area contributed by atoms with Gasteiger partial charge in [-0.05, 0) is 56.1 Å². The molecule has 2 aliphatic rings. The maximum Gasteiger partial charge on any atom is 0.268 e. The number of Topliss-reactive ketones (excluding diaryl/α,β-unsaturated/α-hetero) is 3. The van der Waals surface area contributed by atoms with Gasteiger partial charge in [-0.25, -0.2) is 0 Å². The third-order valence-corrected chi connectivity index (χ3v) is 10.4. The first-order valence-corrected chi connectivity index (χ1v) is 16.7. The molecule has 0 saturated heterocycles. The van der Waals surface area contributed by atoms with Gasteiger partial charge >= 0.3 is 0 Å². The van der Waals surface area contributed by atoms with Crippen LogP contribution < -0.4 is 4.74 Å². The fraction of sp³-hybridized carbons (Fsp3) is 0.606. The van der Waals surface area contributed by atoms with E-state index in [1.807, 2.05) is 13.8 Å². The molecule has 2 bridgehead atoms. The van der Waals surface area contributed by atoms with Crippen LogP contribution in [0.2, 0.25) is 0 Å². The van der Waals surface area contributed by atoms with Gasteiger partial charge in [0, 0.05) is 33.7 Å². The Kier molecular flexibility index (Phi) is 10.1. The number of unbranched alkanes of at least 4 members (excludes halogenated alkanes) is 5. The molecule has 0 aliphatic heterocycles. The number of carbonyl (C=O) groups is 3. The minimum atomic E-state index is -4.16. The monoisotopic (exact) mass is 584 g/mol. The lowest BCUT2D eigenvalue weighted by Gasteiger charge is -2.32. The van der Waals surface area contributed by atoms with E-state index in [2.05, 4.69) is 6.92 Å². The van der Waals surface area contributed by atoms with E-state index in [0.717, 1.165) is 25.7 Å². The second-order valence-electron chi connectivity index (χ2n) is 12.3. The molecule has 0 N–H and O–H groups in total. The predicted octanol–water partition coefficient (Wildman–Crippen LogP) is 6.95. The summed E-state index contributed by atoms with van der Waals surface area (Å²) in [6, 6.07) is 8.50. The van der Waals surface area contributed by atoms with Crippen molar-refractivity contribution in [1.82, 2.24) is 0 Å². The normalized spacial score (nSPS) is 22.1. The summed E-state index contributed by atoms with van der Waals surface area (Å²) in [6.45, 7) is 7.52. The van der Waals surface area contributed by atoms with Crippen LogP contribution in [0.3, 0.4) is 0 Å². The average molecular weight is 585 g/mol. The number of hydrogen-bond donors (Lipinski definition) is 0. The van der Waals surface area contributed by atoms with Crippen molar-refractivity contribution >= 4 is 38.2 Å². The number of fused-ring (bicyclic) bond motifs is 3. The molecule has 2 fully saturated rings. The number of ketones is 3. The van der Waals surface area contributed by atoms with Crippen molar-refractivity contribution < 1.29 is 31.7 Å². The van der Waals surface area contributed by atoms with E-state index in [1.165, 1.54) is 26.2 Å². The van der Waals surface area contributed by atoms with E-state index in [-0.39, 0.29) is 34.9 Å². The Morgan fingerprint density at radius 1 is 1.02 bits per heavy atom. The van der Waals surface area contributed by atoms with Crippen LogP contribution in [0.15, 0.2) is 30.3 Å². The van der Waals surface area contributed by atoms with Crippen LogP contribution in [0.4, 0.5) is 0 Å². The molecule has 0 spiro atoms. The van der Waals surface area contributed by atoms with E-state index in [9.17, 15) is 22.8 Å². The first kappa shape index (κ1) is 31.4. The molecule has 0 heterocycles. The van der Waals surface area contributed by atoms with Gasteiger partial charge in [0.2, 0.25) is 0 Å². The van der Waals surface area contributed by atoms with Crippen LogP contribution in [-0.4, -0.2) is 44.7 Å². The van der Waals surface area contributed by atoms with Crippen molar-refractivity contribution in [3.63, 3.8) is 0 Å². The van der Waals surface area contributed by atoms with Crippen molar-refractivity contribution in [2.24, 2.45) is 23.2 Å². The highest BCUT2D eigenvalue weighted by Crippen LogP contribution is 2.59. The Labute approximate surface area is 244 Å². The van der Waals surface area contributed by atoms with E-state index in [0.29, 0.717) is 41.5 Å². The number of benzene rings is 2. The van der Waals surface area contributed by atoms with E-state index >= 15 is 0 Å². The smallest absolute Gasteiger partial charge is 0.268 e. The molecule has 2 aromatic carbocycles. The van der Waals surface area contributed by atoms with Crippen LogP contribution in [0.25, 0.3) is 10.8 Å². The zero-order chi connectivity index (χ0) is 29.8. The summed E-state index contributed by atoms with van der Waals surface area (Å²) in [5.41, 5.74) is -0.348. The minimum Gasteiger partial charge on any atom is -0.493 e. The van der Waals surface area contributed by atoms with Crippen molar-refractivity contribution in [2.45, 2.75) is 85.5 Å². The van der Waals surface area contributed by atoms with Gasteiger partial charge in [-0.1, -0.05) is 71.1 Å². The molecule has 3 unspecified atom stereocenters. The first-order valence-electron chi connectivity index (χ1n) is 15.1. The molecule has 2 saturated carbocycles. The lowest BCUT2D eigenvalue weighted by molar-refractivity contribution is -0.127. The van der Waals surface area contributed by atoms with Gasteiger partial charge in [-0.3, -0.25) is 18.6 Å². The average Bonchev–Trinajstić information content (AvgIpc) is 3.41. The molecule has 2 aromatic rings. The van der Waals surface area contributed by atoms with Gasteiger partial charge in [0.15, 0.2) is 11.6 Å². The summed E-state index contributed by atoms with van der Waals surface area (Å²) < 4.78 is 37.6. The van der Waals surface area contributed by atoms with Crippen LogP contribution >= 0.6 is 0 Å². The van der Waals surface area contributed by atoms with Gasteiger partial charge in [-0.2, -0.15) is 8.42 Å². The van der Waals surface area contributed by atoms with Crippen LogP contribution in [0, 0.1) is 23.2 Å². The molecule has 3 atom stereocenters. The molecule has 0 radical (unpaired) electrons. The maximum atomic E-state index is 13.4. The zero-order valence-electron chi connectivity index (χ0n) is 24.9. The summed E-state index contributed by atoms with van der Waals surface area (Å²) in [6.07, 6.45) is 8.60. The highest BCUT2D eigenvalue weighted by atomic mass is 32.2. The van der Waals surface area contributed by atoms with E-state index in [4.69, 9.17) is 8.92 Å². The summed E-state index contributed by atoms with van der Waals surface area (Å²) in [5.74, 6) is -0.154. The first-order chi connectivity index (χ1) is 19.5. The third-order valence-electron chi connectivity index (χ3n) is 9.07. The molecule has 224 valence electrons. The molecular formula is C33H44O7S. The Bertz CT molecular complexity index is 1390. The highest BCUT2D eigenvalue weighted by Gasteiger charge is 2.61. The fourth-order valence-corrected chi connectivity index (χ4v) is 8.84. The van der Waals surface area contributed by atoms with Gasteiger partial charge in [0.1, 0.15) is 18.1 Å². The fourth-order valence-electron chi connectivity index (χ4n) is 7.34. The Morgan fingerprint density at radius 3 is 2.44 bits per heavy atom. The summed E-state index contributed by atoms with van der Waals surface area (Å²) in [5, 5.41) is 1.07. The largest absolute Gasteiger partial charge is 0.493 e. The number of hydrogen-bond acceptors (Lipinski definition) is 7. The lowest BCUT2D eigenvalue weighted by Crippen LogP contribution is -2.40. The SMILES string of the molecule is CCCCCCCCOc1ccc(C(=O)COS(=O)(=O)CC23CCC(CC2=O)C3C(C)C)c2c(C(C)=O)cccc12. The molecular weight excluding hydrogens is 540 g/mol. The Balaban J connectivity index is 1.50. The second kappa shape index (κ2) is 13.2. The van der Waals surface area contributed by atoms with Crippen molar-refractivity contribution in [3.8, 4) is 5.75 Å². The van der Waals surface area contributed by atoms with Crippen molar-refractivity contribution in [3.05, 3.63) is 41.5 Å². The molecule has 0 amide bonds. The second-order valence-corrected chi connectivity index (χ2v) is 13.9. The summed E-state index contributed by atoms with van der Waals surface area (Å²) in [7, 11) is -4.16. The topological polar surface area (TPSA) is 104 Å². The number of ether oxygens (including phenoxy) is 1. The number of carbonyl (C=O) groups excluding carboxylic acids is 3. The molecule has 0 aromatic heterocycles. The summed E-state index contributed by atoms with van der Waals surface area (Å²) in [4.78, 5) is 38.8. The van der Waals surface area contributed by atoms with E-state index < -0.39 is 33.7 Å².